The van der Waals surface area contributed by atoms with E-state index < -0.39 is 0 Å². The lowest BCUT2D eigenvalue weighted by atomic mass is 10.2. The van der Waals surface area contributed by atoms with E-state index in [1.807, 2.05) is 39.1 Å². The van der Waals surface area contributed by atoms with E-state index in [0.29, 0.717) is 0 Å². The lowest BCUT2D eigenvalue weighted by Gasteiger charge is -2.19. The van der Waals surface area contributed by atoms with Gasteiger partial charge in [0.15, 0.2) is 0 Å². The molecule has 0 aliphatic rings. The Bertz CT molecular complexity index is 284. The maximum Gasteiger partial charge on any atom is 0.128 e. The molecule has 0 aliphatic heterocycles. The van der Waals surface area contributed by atoms with Gasteiger partial charge >= 0.3 is 0 Å². The molecular weight excluding hydrogens is 174 g/mol. The molecule has 0 saturated carbocycles. The predicted molar refractivity (Wildman–Crippen MR) is 60.5 cm³/mol. The van der Waals surface area contributed by atoms with Gasteiger partial charge in [-0.3, -0.25) is 0 Å². The molecule has 3 heteroatoms. The zero-order chi connectivity index (χ0) is 10.6. The van der Waals surface area contributed by atoms with Crippen LogP contribution in [0.5, 0.6) is 0 Å². The molecular formula is C11H19N3. The van der Waals surface area contributed by atoms with Gasteiger partial charge in [-0.05, 0) is 32.4 Å². The highest BCUT2D eigenvalue weighted by molar-refractivity contribution is 5.37. The minimum atomic E-state index is 0.252. The van der Waals surface area contributed by atoms with E-state index in [1.54, 1.807) is 0 Å². The average molecular weight is 193 g/mol. The lowest BCUT2D eigenvalue weighted by molar-refractivity contribution is 0.656. The van der Waals surface area contributed by atoms with Crippen molar-refractivity contribution < 1.29 is 0 Å². The summed E-state index contributed by atoms with van der Waals surface area (Å²) in [6.45, 7) is 4.98. The van der Waals surface area contributed by atoms with Crippen LogP contribution in [0.4, 0.5) is 5.82 Å². The van der Waals surface area contributed by atoms with Crippen molar-refractivity contribution in [2.24, 2.45) is 5.73 Å². The molecule has 1 aromatic heterocycles. The van der Waals surface area contributed by atoms with E-state index in [0.717, 1.165) is 24.5 Å². The van der Waals surface area contributed by atoms with Crippen LogP contribution in [0.3, 0.4) is 0 Å². The molecule has 0 fully saturated rings. The molecule has 14 heavy (non-hydrogen) atoms. The summed E-state index contributed by atoms with van der Waals surface area (Å²) in [5.41, 5.74) is 6.75. The smallest absolute Gasteiger partial charge is 0.128 e. The maximum atomic E-state index is 5.70. The number of hydrogen-bond acceptors (Lipinski definition) is 3. The van der Waals surface area contributed by atoms with E-state index in [4.69, 9.17) is 5.73 Å². The molecule has 1 rings (SSSR count). The van der Waals surface area contributed by atoms with Gasteiger partial charge < -0.3 is 10.6 Å². The van der Waals surface area contributed by atoms with Crippen LogP contribution < -0.4 is 10.6 Å². The van der Waals surface area contributed by atoms with Gasteiger partial charge in [-0.25, -0.2) is 4.98 Å². The molecule has 3 nitrogen and oxygen atoms in total. The molecule has 0 saturated heterocycles. The number of aromatic nitrogens is 1. The number of nitrogens with two attached hydrogens (primary N) is 1. The summed E-state index contributed by atoms with van der Waals surface area (Å²) in [4.78, 5) is 6.57. The van der Waals surface area contributed by atoms with Crippen molar-refractivity contribution in [1.82, 2.24) is 4.98 Å². The van der Waals surface area contributed by atoms with Crippen molar-refractivity contribution >= 4 is 5.82 Å². The Hall–Kier alpha value is -1.09. The van der Waals surface area contributed by atoms with Gasteiger partial charge in [0, 0.05) is 25.3 Å². The van der Waals surface area contributed by atoms with Crippen molar-refractivity contribution in [2.45, 2.75) is 26.3 Å². The van der Waals surface area contributed by atoms with E-state index in [9.17, 15) is 0 Å². The largest absolute Gasteiger partial charge is 0.360 e. The highest BCUT2D eigenvalue weighted by Gasteiger charge is 2.03. The first-order chi connectivity index (χ1) is 6.59. The van der Waals surface area contributed by atoms with Gasteiger partial charge in [0.1, 0.15) is 5.82 Å². The predicted octanol–water partition coefficient (Wildman–Crippen LogP) is 1.56. The quantitative estimate of drug-likeness (QED) is 0.789. The molecule has 0 amide bonds. The molecule has 0 bridgehead atoms. The second-order valence-corrected chi connectivity index (χ2v) is 3.82. The van der Waals surface area contributed by atoms with Gasteiger partial charge in [-0.15, -0.1) is 0 Å². The van der Waals surface area contributed by atoms with Crippen LogP contribution in [0.1, 0.15) is 19.0 Å². The van der Waals surface area contributed by atoms with Crippen LogP contribution in [-0.4, -0.2) is 24.6 Å². The molecule has 1 unspecified atom stereocenters. The van der Waals surface area contributed by atoms with Gasteiger partial charge in [0.2, 0.25) is 0 Å². The summed E-state index contributed by atoms with van der Waals surface area (Å²) >= 11 is 0. The zero-order valence-corrected chi connectivity index (χ0v) is 9.20. The van der Waals surface area contributed by atoms with Gasteiger partial charge in [0.25, 0.3) is 0 Å². The van der Waals surface area contributed by atoms with Crippen LogP contribution in [0.15, 0.2) is 18.2 Å². The summed E-state index contributed by atoms with van der Waals surface area (Å²) in [6, 6.07) is 6.30. The summed E-state index contributed by atoms with van der Waals surface area (Å²) < 4.78 is 0. The average Bonchev–Trinajstić information content (AvgIpc) is 2.14. The molecule has 1 heterocycles. The summed E-state index contributed by atoms with van der Waals surface area (Å²) in [5, 5.41) is 0. The van der Waals surface area contributed by atoms with Crippen LogP contribution in [0, 0.1) is 6.92 Å². The highest BCUT2D eigenvalue weighted by Crippen LogP contribution is 2.09. The Kier molecular flexibility index (Phi) is 3.89. The topological polar surface area (TPSA) is 42.1 Å². The fourth-order valence-corrected chi connectivity index (χ4v) is 1.25. The maximum absolute atomic E-state index is 5.70. The van der Waals surface area contributed by atoms with Crippen molar-refractivity contribution in [2.75, 3.05) is 18.5 Å². The van der Waals surface area contributed by atoms with Crippen molar-refractivity contribution in [1.29, 1.82) is 0 Å². The van der Waals surface area contributed by atoms with Crippen molar-refractivity contribution in [3.63, 3.8) is 0 Å². The minimum Gasteiger partial charge on any atom is -0.360 e. The monoisotopic (exact) mass is 193 g/mol. The molecule has 1 atom stereocenters. The van der Waals surface area contributed by atoms with Crippen LogP contribution >= 0.6 is 0 Å². The third-order valence-electron chi connectivity index (χ3n) is 2.18. The normalized spacial score (nSPS) is 12.6. The van der Waals surface area contributed by atoms with Crippen LogP contribution in [0.2, 0.25) is 0 Å². The van der Waals surface area contributed by atoms with Gasteiger partial charge in [-0.2, -0.15) is 0 Å². The fraction of sp³-hybridized carbons (Fsp3) is 0.545. The SMILES string of the molecule is Cc1cccc(N(C)CCC(C)N)n1. The Balaban J connectivity index is 2.56. The van der Waals surface area contributed by atoms with Crippen molar-refractivity contribution in [3.8, 4) is 0 Å². The molecule has 0 spiro atoms. The first-order valence-corrected chi connectivity index (χ1v) is 5.00. The van der Waals surface area contributed by atoms with Crippen LogP contribution in [0.25, 0.3) is 0 Å². The third-order valence-corrected chi connectivity index (χ3v) is 2.18. The Morgan fingerprint density at radius 3 is 2.79 bits per heavy atom. The molecule has 0 aliphatic carbocycles. The second-order valence-electron chi connectivity index (χ2n) is 3.82. The standard InChI is InChI=1S/C11H19N3/c1-9(12)7-8-14(3)11-6-4-5-10(2)13-11/h4-6,9H,7-8,12H2,1-3H3. The number of aryl methyl sites for hydroxylation is 1. The number of hydrogen-bond donors (Lipinski definition) is 1. The van der Waals surface area contributed by atoms with Crippen LogP contribution in [-0.2, 0) is 0 Å². The van der Waals surface area contributed by atoms with Gasteiger partial charge in [0.05, 0.1) is 0 Å². The van der Waals surface area contributed by atoms with E-state index in [-0.39, 0.29) is 6.04 Å². The highest BCUT2D eigenvalue weighted by atomic mass is 15.2. The third kappa shape index (κ3) is 3.34. The minimum absolute atomic E-state index is 0.252. The van der Waals surface area contributed by atoms with E-state index >= 15 is 0 Å². The summed E-state index contributed by atoms with van der Waals surface area (Å²) in [5.74, 6) is 1.02. The lowest BCUT2D eigenvalue weighted by Crippen LogP contribution is -2.26. The first kappa shape index (κ1) is 11.0. The van der Waals surface area contributed by atoms with E-state index in [1.165, 1.54) is 0 Å². The van der Waals surface area contributed by atoms with E-state index in [2.05, 4.69) is 9.88 Å². The number of nitrogens with zero attached hydrogens (tertiary/aromatic N) is 2. The summed E-state index contributed by atoms with van der Waals surface area (Å²) in [6.07, 6.45) is 0.992. The van der Waals surface area contributed by atoms with Gasteiger partial charge in [-0.1, -0.05) is 6.07 Å². The zero-order valence-electron chi connectivity index (χ0n) is 9.20. The molecule has 1 aromatic rings. The molecule has 78 valence electrons. The number of pyridine rings is 1. The first-order valence-electron chi connectivity index (χ1n) is 5.00. The van der Waals surface area contributed by atoms with Crippen molar-refractivity contribution in [3.05, 3.63) is 23.9 Å². The summed E-state index contributed by atoms with van der Waals surface area (Å²) in [7, 11) is 2.05. The Morgan fingerprint density at radius 1 is 1.50 bits per heavy atom. The second kappa shape index (κ2) is 4.96. The number of rotatable bonds is 4. The molecule has 2 N–H and O–H groups in total. The molecule has 0 radical (unpaired) electrons. The fourth-order valence-electron chi connectivity index (χ4n) is 1.25. The number of anilines is 1. The Labute approximate surface area is 85.9 Å². The Morgan fingerprint density at radius 2 is 2.21 bits per heavy atom. The molecule has 0 aromatic carbocycles.